The van der Waals surface area contributed by atoms with Crippen LogP contribution >= 0.6 is 0 Å². The fraction of sp³-hybridized carbons (Fsp3) is 0.571. The summed E-state index contributed by atoms with van der Waals surface area (Å²) in [6.45, 7) is 5.81. The lowest BCUT2D eigenvalue weighted by Crippen LogP contribution is -2.26. The standard InChI is InChI=1S/C14H20F3N/c1-9(2)13(18)7-5-11-4-6-12(8-10(11)3)14(15,16)17/h4,6,8-9,13H,5,7,18H2,1-3H3. The number of rotatable bonds is 4. The van der Waals surface area contributed by atoms with Gasteiger partial charge in [-0.2, -0.15) is 13.2 Å². The maximum absolute atomic E-state index is 12.5. The molecule has 18 heavy (non-hydrogen) atoms. The second-order valence-electron chi connectivity index (χ2n) is 5.09. The van der Waals surface area contributed by atoms with E-state index >= 15 is 0 Å². The Hall–Kier alpha value is -1.03. The maximum atomic E-state index is 12.5. The molecule has 0 aliphatic rings. The topological polar surface area (TPSA) is 26.0 Å². The molecule has 0 spiro atoms. The first kappa shape index (κ1) is 15.0. The van der Waals surface area contributed by atoms with Crippen LogP contribution in [-0.4, -0.2) is 6.04 Å². The normalized spacial score (nSPS) is 14.0. The number of alkyl halides is 3. The lowest BCUT2D eigenvalue weighted by atomic mass is 9.95. The smallest absolute Gasteiger partial charge is 0.327 e. The Morgan fingerprint density at radius 1 is 1.22 bits per heavy atom. The van der Waals surface area contributed by atoms with Gasteiger partial charge >= 0.3 is 6.18 Å². The fourth-order valence-electron chi connectivity index (χ4n) is 1.81. The summed E-state index contributed by atoms with van der Waals surface area (Å²) < 4.78 is 37.5. The molecule has 0 aliphatic heterocycles. The summed E-state index contributed by atoms with van der Waals surface area (Å²) >= 11 is 0. The van der Waals surface area contributed by atoms with Gasteiger partial charge in [0.1, 0.15) is 0 Å². The van der Waals surface area contributed by atoms with E-state index in [2.05, 4.69) is 0 Å². The van der Waals surface area contributed by atoms with E-state index in [0.29, 0.717) is 11.5 Å². The Kier molecular flexibility index (Phi) is 4.79. The van der Waals surface area contributed by atoms with Gasteiger partial charge in [-0.1, -0.05) is 19.9 Å². The Bertz CT molecular complexity index is 397. The molecule has 0 heterocycles. The summed E-state index contributed by atoms with van der Waals surface area (Å²) in [6, 6.07) is 4.00. The summed E-state index contributed by atoms with van der Waals surface area (Å²) in [5.41, 5.74) is 6.97. The van der Waals surface area contributed by atoms with E-state index in [1.54, 1.807) is 13.0 Å². The maximum Gasteiger partial charge on any atom is 0.416 e. The van der Waals surface area contributed by atoms with E-state index in [4.69, 9.17) is 5.73 Å². The van der Waals surface area contributed by atoms with Crippen molar-refractivity contribution in [1.82, 2.24) is 0 Å². The van der Waals surface area contributed by atoms with Crippen LogP contribution < -0.4 is 5.73 Å². The number of hydrogen-bond donors (Lipinski definition) is 1. The van der Waals surface area contributed by atoms with E-state index in [-0.39, 0.29) is 6.04 Å². The minimum atomic E-state index is -4.27. The predicted octanol–water partition coefficient (Wildman–Crippen LogP) is 3.93. The van der Waals surface area contributed by atoms with Crippen LogP contribution in [0.15, 0.2) is 18.2 Å². The Morgan fingerprint density at radius 3 is 2.28 bits per heavy atom. The molecule has 1 unspecified atom stereocenters. The molecule has 0 radical (unpaired) electrons. The molecular formula is C14H20F3N. The van der Waals surface area contributed by atoms with Crippen molar-refractivity contribution < 1.29 is 13.2 Å². The van der Waals surface area contributed by atoms with Crippen molar-refractivity contribution in [3.63, 3.8) is 0 Å². The molecule has 0 amide bonds. The van der Waals surface area contributed by atoms with Gasteiger partial charge in [-0.05, 0) is 48.9 Å². The summed E-state index contributed by atoms with van der Waals surface area (Å²) in [7, 11) is 0. The summed E-state index contributed by atoms with van der Waals surface area (Å²) in [6.07, 6.45) is -2.75. The second-order valence-corrected chi connectivity index (χ2v) is 5.09. The van der Waals surface area contributed by atoms with Crippen molar-refractivity contribution in [1.29, 1.82) is 0 Å². The third-order valence-electron chi connectivity index (χ3n) is 3.27. The van der Waals surface area contributed by atoms with E-state index in [0.717, 1.165) is 24.5 Å². The van der Waals surface area contributed by atoms with Crippen molar-refractivity contribution in [2.24, 2.45) is 11.7 Å². The zero-order valence-electron chi connectivity index (χ0n) is 11.0. The third kappa shape index (κ3) is 4.02. The Balaban J connectivity index is 2.75. The minimum Gasteiger partial charge on any atom is -0.327 e. The van der Waals surface area contributed by atoms with Crippen LogP contribution in [0.4, 0.5) is 13.2 Å². The molecule has 102 valence electrons. The van der Waals surface area contributed by atoms with Crippen molar-refractivity contribution >= 4 is 0 Å². The monoisotopic (exact) mass is 259 g/mol. The molecule has 1 rings (SSSR count). The molecule has 0 aliphatic carbocycles. The first-order valence-corrected chi connectivity index (χ1v) is 6.14. The molecule has 2 N–H and O–H groups in total. The van der Waals surface area contributed by atoms with Gasteiger partial charge < -0.3 is 5.73 Å². The lowest BCUT2D eigenvalue weighted by molar-refractivity contribution is -0.137. The van der Waals surface area contributed by atoms with Crippen molar-refractivity contribution in [2.75, 3.05) is 0 Å². The highest BCUT2D eigenvalue weighted by Crippen LogP contribution is 2.30. The van der Waals surface area contributed by atoms with Crippen molar-refractivity contribution in [3.05, 3.63) is 34.9 Å². The molecule has 0 fully saturated rings. The van der Waals surface area contributed by atoms with Gasteiger partial charge in [-0.3, -0.25) is 0 Å². The average Bonchev–Trinajstić information content (AvgIpc) is 2.25. The molecule has 0 saturated heterocycles. The van der Waals surface area contributed by atoms with Crippen LogP contribution in [-0.2, 0) is 12.6 Å². The second kappa shape index (κ2) is 5.74. The van der Waals surface area contributed by atoms with Gasteiger partial charge in [0.05, 0.1) is 5.56 Å². The zero-order chi connectivity index (χ0) is 13.9. The largest absolute Gasteiger partial charge is 0.416 e. The molecule has 1 aromatic carbocycles. The van der Waals surface area contributed by atoms with Crippen LogP contribution in [0.5, 0.6) is 0 Å². The van der Waals surface area contributed by atoms with Gasteiger partial charge in [-0.25, -0.2) is 0 Å². The lowest BCUT2D eigenvalue weighted by Gasteiger charge is -2.16. The molecule has 0 aromatic heterocycles. The van der Waals surface area contributed by atoms with Crippen molar-refractivity contribution in [3.8, 4) is 0 Å². The van der Waals surface area contributed by atoms with Gasteiger partial charge in [0, 0.05) is 6.04 Å². The van der Waals surface area contributed by atoms with Crippen molar-refractivity contribution in [2.45, 2.75) is 45.8 Å². The molecule has 0 saturated carbocycles. The number of benzene rings is 1. The Morgan fingerprint density at radius 2 is 1.83 bits per heavy atom. The van der Waals surface area contributed by atoms with Gasteiger partial charge in [-0.15, -0.1) is 0 Å². The van der Waals surface area contributed by atoms with Gasteiger partial charge in [0.2, 0.25) is 0 Å². The first-order chi connectivity index (χ1) is 8.21. The predicted molar refractivity (Wildman–Crippen MR) is 67.3 cm³/mol. The highest BCUT2D eigenvalue weighted by atomic mass is 19.4. The van der Waals surface area contributed by atoms with Crippen LogP contribution in [0.1, 0.15) is 37.0 Å². The summed E-state index contributed by atoms with van der Waals surface area (Å²) in [5.74, 6) is 0.389. The fourth-order valence-corrected chi connectivity index (χ4v) is 1.81. The Labute approximate surface area is 106 Å². The van der Waals surface area contributed by atoms with Gasteiger partial charge in [0.15, 0.2) is 0 Å². The number of hydrogen-bond acceptors (Lipinski definition) is 1. The number of aryl methyl sites for hydroxylation is 2. The highest BCUT2D eigenvalue weighted by Gasteiger charge is 2.30. The van der Waals surface area contributed by atoms with E-state index in [1.807, 2.05) is 13.8 Å². The molecule has 1 nitrogen and oxygen atoms in total. The molecule has 0 bridgehead atoms. The third-order valence-corrected chi connectivity index (χ3v) is 3.27. The highest BCUT2D eigenvalue weighted by molar-refractivity contribution is 5.32. The molecule has 1 atom stereocenters. The number of nitrogens with two attached hydrogens (primary N) is 1. The van der Waals surface area contributed by atoms with E-state index < -0.39 is 11.7 Å². The average molecular weight is 259 g/mol. The summed E-state index contributed by atoms with van der Waals surface area (Å²) in [4.78, 5) is 0. The van der Waals surface area contributed by atoms with Crippen LogP contribution in [0.3, 0.4) is 0 Å². The molecule has 4 heteroatoms. The van der Waals surface area contributed by atoms with E-state index in [9.17, 15) is 13.2 Å². The number of halogens is 3. The first-order valence-electron chi connectivity index (χ1n) is 6.14. The molecule has 1 aromatic rings. The zero-order valence-corrected chi connectivity index (χ0v) is 11.0. The SMILES string of the molecule is Cc1cc(C(F)(F)F)ccc1CCC(N)C(C)C. The van der Waals surface area contributed by atoms with Gasteiger partial charge in [0.25, 0.3) is 0 Å². The van der Waals surface area contributed by atoms with Crippen LogP contribution in [0, 0.1) is 12.8 Å². The summed E-state index contributed by atoms with van der Waals surface area (Å²) in [5, 5.41) is 0. The van der Waals surface area contributed by atoms with Crippen LogP contribution in [0.25, 0.3) is 0 Å². The van der Waals surface area contributed by atoms with E-state index in [1.165, 1.54) is 6.07 Å². The minimum absolute atomic E-state index is 0.0895. The van der Waals surface area contributed by atoms with Crippen LogP contribution in [0.2, 0.25) is 0 Å². The quantitative estimate of drug-likeness (QED) is 0.871. The molecular weight excluding hydrogens is 239 g/mol.